The fraction of sp³-hybridized carbons (Fsp3) is 0.0909. The molecule has 0 radical (unpaired) electrons. The average Bonchev–Trinajstić information content (AvgIpc) is 2.64. The molecule has 5 heteroatoms. The summed E-state index contributed by atoms with van der Waals surface area (Å²) in [5.41, 5.74) is 7.56. The van der Waals surface area contributed by atoms with Crippen LogP contribution < -0.4 is 11.1 Å². The summed E-state index contributed by atoms with van der Waals surface area (Å²) in [5, 5.41) is 9.33. The smallest absolute Gasteiger partial charge is 0.256 e. The van der Waals surface area contributed by atoms with E-state index in [-0.39, 0.29) is 5.91 Å². The monoisotopic (exact) mass is 216 g/mol. The molecule has 0 bridgehead atoms. The third-order valence-corrected chi connectivity index (χ3v) is 2.10. The molecule has 1 aromatic carbocycles. The van der Waals surface area contributed by atoms with E-state index in [4.69, 9.17) is 5.73 Å². The van der Waals surface area contributed by atoms with Gasteiger partial charge in [-0.15, -0.1) is 0 Å². The van der Waals surface area contributed by atoms with Crippen molar-refractivity contribution in [1.29, 1.82) is 0 Å². The summed E-state index contributed by atoms with van der Waals surface area (Å²) < 4.78 is 0. The van der Waals surface area contributed by atoms with Crippen LogP contribution in [-0.2, 0) is 0 Å². The largest absolute Gasteiger partial charge is 0.399 e. The van der Waals surface area contributed by atoms with Crippen molar-refractivity contribution < 1.29 is 4.79 Å². The fourth-order valence-electron chi connectivity index (χ4n) is 1.35. The minimum atomic E-state index is -0.223. The molecule has 0 atom stereocenters. The van der Waals surface area contributed by atoms with Gasteiger partial charge in [0.2, 0.25) is 0 Å². The number of anilines is 2. The highest BCUT2D eigenvalue weighted by Gasteiger charge is 2.07. The maximum absolute atomic E-state index is 11.8. The van der Waals surface area contributed by atoms with Gasteiger partial charge in [-0.2, -0.15) is 5.10 Å². The number of amides is 1. The number of hydrogen-bond acceptors (Lipinski definition) is 3. The van der Waals surface area contributed by atoms with Crippen LogP contribution in [0.15, 0.2) is 30.3 Å². The van der Waals surface area contributed by atoms with Gasteiger partial charge in [0.15, 0.2) is 5.82 Å². The summed E-state index contributed by atoms with van der Waals surface area (Å²) in [4.78, 5) is 11.8. The Morgan fingerprint density at radius 3 is 2.88 bits per heavy atom. The highest BCUT2D eigenvalue weighted by molar-refractivity contribution is 6.04. The Hall–Kier alpha value is -2.30. The summed E-state index contributed by atoms with van der Waals surface area (Å²) in [6, 6.07) is 8.54. The van der Waals surface area contributed by atoms with E-state index >= 15 is 0 Å². The Balaban J connectivity index is 2.14. The number of H-pyrrole nitrogens is 1. The molecule has 0 spiro atoms. The zero-order valence-electron chi connectivity index (χ0n) is 8.82. The van der Waals surface area contributed by atoms with E-state index < -0.39 is 0 Å². The van der Waals surface area contributed by atoms with Crippen molar-refractivity contribution in [3.63, 3.8) is 0 Å². The molecule has 0 aliphatic carbocycles. The van der Waals surface area contributed by atoms with Crippen LogP contribution in [0.1, 0.15) is 16.1 Å². The SMILES string of the molecule is Cc1cc(NC(=O)c2cccc(N)c2)n[nH]1. The van der Waals surface area contributed by atoms with Gasteiger partial charge in [0, 0.05) is 23.0 Å². The minimum absolute atomic E-state index is 0.223. The van der Waals surface area contributed by atoms with E-state index in [1.54, 1.807) is 30.3 Å². The van der Waals surface area contributed by atoms with Gasteiger partial charge in [0.05, 0.1) is 0 Å². The van der Waals surface area contributed by atoms with Gasteiger partial charge < -0.3 is 11.1 Å². The van der Waals surface area contributed by atoms with Gasteiger partial charge >= 0.3 is 0 Å². The molecule has 2 aromatic rings. The zero-order chi connectivity index (χ0) is 11.5. The van der Waals surface area contributed by atoms with Crippen molar-refractivity contribution in [2.24, 2.45) is 0 Å². The Kier molecular flexibility index (Phi) is 2.59. The number of hydrogen-bond donors (Lipinski definition) is 3. The molecule has 4 N–H and O–H groups in total. The lowest BCUT2D eigenvalue weighted by atomic mass is 10.2. The van der Waals surface area contributed by atoms with Crippen molar-refractivity contribution in [3.8, 4) is 0 Å². The Morgan fingerprint density at radius 2 is 2.25 bits per heavy atom. The Morgan fingerprint density at radius 1 is 1.44 bits per heavy atom. The predicted molar refractivity (Wildman–Crippen MR) is 62.1 cm³/mol. The van der Waals surface area contributed by atoms with Crippen LogP contribution >= 0.6 is 0 Å². The van der Waals surface area contributed by atoms with Crippen LogP contribution in [0, 0.1) is 6.92 Å². The predicted octanol–water partition coefficient (Wildman–Crippen LogP) is 1.55. The molecule has 5 nitrogen and oxygen atoms in total. The van der Waals surface area contributed by atoms with Crippen molar-refractivity contribution in [1.82, 2.24) is 10.2 Å². The van der Waals surface area contributed by atoms with Crippen molar-refractivity contribution in [2.45, 2.75) is 6.92 Å². The van der Waals surface area contributed by atoms with Gasteiger partial charge in [0.25, 0.3) is 5.91 Å². The first-order chi connectivity index (χ1) is 7.65. The number of nitrogens with zero attached hydrogens (tertiary/aromatic N) is 1. The van der Waals surface area contributed by atoms with E-state index in [1.165, 1.54) is 0 Å². The second-order valence-corrected chi connectivity index (χ2v) is 3.52. The summed E-state index contributed by atoms with van der Waals surface area (Å²) in [7, 11) is 0. The van der Waals surface area contributed by atoms with Gasteiger partial charge in [-0.05, 0) is 25.1 Å². The molecule has 82 valence electrons. The number of aromatic nitrogens is 2. The summed E-state index contributed by atoms with van der Waals surface area (Å²) in [5.74, 6) is 0.281. The second kappa shape index (κ2) is 4.06. The lowest BCUT2D eigenvalue weighted by molar-refractivity contribution is 0.102. The molecule has 0 aliphatic heterocycles. The maximum Gasteiger partial charge on any atom is 0.256 e. The highest BCUT2D eigenvalue weighted by Crippen LogP contribution is 2.10. The number of nitrogen functional groups attached to an aromatic ring is 1. The van der Waals surface area contributed by atoms with Crippen LogP contribution in [0.5, 0.6) is 0 Å². The third kappa shape index (κ3) is 2.20. The molecule has 2 rings (SSSR count). The van der Waals surface area contributed by atoms with Crippen LogP contribution in [-0.4, -0.2) is 16.1 Å². The third-order valence-electron chi connectivity index (χ3n) is 2.10. The molecular weight excluding hydrogens is 204 g/mol. The van der Waals surface area contributed by atoms with Gasteiger partial charge in [0.1, 0.15) is 0 Å². The molecule has 1 heterocycles. The van der Waals surface area contributed by atoms with Crippen LogP contribution in [0.4, 0.5) is 11.5 Å². The summed E-state index contributed by atoms with van der Waals surface area (Å²) >= 11 is 0. The number of benzene rings is 1. The molecule has 0 unspecified atom stereocenters. The zero-order valence-corrected chi connectivity index (χ0v) is 8.82. The number of carbonyl (C=O) groups is 1. The molecular formula is C11H12N4O. The van der Waals surface area contributed by atoms with Crippen molar-refractivity contribution >= 4 is 17.4 Å². The number of nitrogens with one attached hydrogen (secondary N) is 2. The van der Waals surface area contributed by atoms with Crippen molar-refractivity contribution in [3.05, 3.63) is 41.6 Å². The van der Waals surface area contributed by atoms with E-state index in [1.807, 2.05) is 6.92 Å². The lowest BCUT2D eigenvalue weighted by Crippen LogP contribution is -2.12. The quantitative estimate of drug-likeness (QED) is 0.666. The fourth-order valence-corrected chi connectivity index (χ4v) is 1.35. The van der Waals surface area contributed by atoms with E-state index in [0.717, 1.165) is 5.69 Å². The van der Waals surface area contributed by atoms with Gasteiger partial charge in [-0.1, -0.05) is 6.07 Å². The Labute approximate surface area is 92.7 Å². The molecule has 1 aromatic heterocycles. The highest BCUT2D eigenvalue weighted by atomic mass is 16.1. The van der Waals surface area contributed by atoms with E-state index in [0.29, 0.717) is 17.1 Å². The van der Waals surface area contributed by atoms with Gasteiger partial charge in [-0.3, -0.25) is 9.89 Å². The first-order valence-corrected chi connectivity index (χ1v) is 4.84. The van der Waals surface area contributed by atoms with Gasteiger partial charge in [-0.25, -0.2) is 0 Å². The minimum Gasteiger partial charge on any atom is -0.399 e. The second-order valence-electron chi connectivity index (χ2n) is 3.52. The normalized spacial score (nSPS) is 10.1. The van der Waals surface area contributed by atoms with Crippen LogP contribution in [0.2, 0.25) is 0 Å². The van der Waals surface area contributed by atoms with Crippen LogP contribution in [0.3, 0.4) is 0 Å². The number of aromatic amines is 1. The van der Waals surface area contributed by atoms with Crippen molar-refractivity contribution in [2.75, 3.05) is 11.1 Å². The Bertz CT molecular complexity index is 518. The first kappa shape index (κ1) is 10.2. The van der Waals surface area contributed by atoms with Crippen LogP contribution in [0.25, 0.3) is 0 Å². The number of nitrogens with two attached hydrogens (primary N) is 1. The van der Waals surface area contributed by atoms with E-state index in [9.17, 15) is 4.79 Å². The number of aryl methyl sites for hydroxylation is 1. The topological polar surface area (TPSA) is 83.8 Å². The maximum atomic E-state index is 11.8. The average molecular weight is 216 g/mol. The molecule has 0 aliphatic rings. The summed E-state index contributed by atoms with van der Waals surface area (Å²) in [6.45, 7) is 1.86. The standard InChI is InChI=1S/C11H12N4O/c1-7-5-10(15-14-7)13-11(16)8-3-2-4-9(12)6-8/h2-6H,12H2,1H3,(H2,13,14,15,16). The summed E-state index contributed by atoms with van der Waals surface area (Å²) in [6.07, 6.45) is 0. The van der Waals surface area contributed by atoms with E-state index in [2.05, 4.69) is 15.5 Å². The molecule has 16 heavy (non-hydrogen) atoms. The molecule has 0 fully saturated rings. The molecule has 1 amide bonds. The number of carbonyl (C=O) groups excluding carboxylic acids is 1. The molecule has 0 saturated carbocycles. The lowest BCUT2D eigenvalue weighted by Gasteiger charge is -2.02. The molecule has 0 saturated heterocycles. The number of rotatable bonds is 2. The first-order valence-electron chi connectivity index (χ1n) is 4.84.